The summed E-state index contributed by atoms with van der Waals surface area (Å²) in [4.78, 5) is 11.3. The molecule has 1 aromatic carbocycles. The summed E-state index contributed by atoms with van der Waals surface area (Å²) in [5.74, 6) is 1.03. The van der Waals surface area contributed by atoms with E-state index in [2.05, 4.69) is 5.43 Å². The molecule has 1 heterocycles. The van der Waals surface area contributed by atoms with Crippen LogP contribution in [0.2, 0.25) is 0 Å². The number of sulfonamides is 1. The molecule has 120 valence electrons. The van der Waals surface area contributed by atoms with Gasteiger partial charge in [0.2, 0.25) is 0 Å². The van der Waals surface area contributed by atoms with Gasteiger partial charge in [-0.3, -0.25) is 5.43 Å². The van der Waals surface area contributed by atoms with Gasteiger partial charge in [-0.05, 0) is 43.7 Å². The Balaban J connectivity index is 1.76. The topological polar surface area (TPSA) is 78.5 Å². The highest BCUT2D eigenvalue weighted by atomic mass is 32.2. The van der Waals surface area contributed by atoms with Crippen LogP contribution in [0.5, 0.6) is 0 Å². The standard InChI is InChI=1S/C15H21N3O3S/c1-11-5-7-14(8-6-11)22(20,21)17-15(19)16-18-9-12-3-2-4-13(12)10-18/h5-8,12-13H,2-4,9-10H2,1H3,(H2,16,17,19)/i5D,6D,7D,8D. The highest BCUT2D eigenvalue weighted by Crippen LogP contribution is 2.36. The van der Waals surface area contributed by atoms with E-state index < -0.39 is 45.1 Å². The van der Waals surface area contributed by atoms with Crippen LogP contribution in [0.15, 0.2) is 29.1 Å². The first-order valence-corrected chi connectivity index (χ1v) is 8.75. The fourth-order valence-electron chi connectivity index (χ4n) is 3.16. The van der Waals surface area contributed by atoms with Crippen LogP contribution >= 0.6 is 0 Å². The minimum atomic E-state index is -4.55. The summed E-state index contributed by atoms with van der Waals surface area (Å²) >= 11 is 0. The second-order valence-corrected chi connectivity index (χ2v) is 7.48. The number of nitrogens with zero attached hydrogens (tertiary/aromatic N) is 1. The summed E-state index contributed by atoms with van der Waals surface area (Å²) in [6.07, 6.45) is 3.39. The van der Waals surface area contributed by atoms with Gasteiger partial charge in [0.25, 0.3) is 10.0 Å². The molecule has 2 aliphatic rings. The number of urea groups is 1. The van der Waals surface area contributed by atoms with Gasteiger partial charge >= 0.3 is 6.03 Å². The molecule has 1 aromatic rings. The van der Waals surface area contributed by atoms with E-state index in [9.17, 15) is 13.2 Å². The molecule has 2 N–H and O–H groups in total. The summed E-state index contributed by atoms with van der Waals surface area (Å²) in [7, 11) is -4.55. The molecule has 3 rings (SSSR count). The molecular formula is C15H21N3O3S. The second kappa shape index (κ2) is 5.89. The van der Waals surface area contributed by atoms with Gasteiger partial charge in [-0.2, -0.15) is 0 Å². The number of rotatable bonds is 3. The summed E-state index contributed by atoms with van der Waals surface area (Å²) < 4.78 is 57.9. The van der Waals surface area contributed by atoms with Gasteiger partial charge in [0.15, 0.2) is 0 Å². The minimum Gasteiger partial charge on any atom is -0.270 e. The molecule has 2 atom stereocenters. The summed E-state index contributed by atoms with van der Waals surface area (Å²) in [5, 5.41) is 1.68. The van der Waals surface area contributed by atoms with E-state index in [0.717, 1.165) is 12.8 Å². The van der Waals surface area contributed by atoms with E-state index in [4.69, 9.17) is 5.48 Å². The number of amides is 2. The van der Waals surface area contributed by atoms with Crippen molar-refractivity contribution in [1.82, 2.24) is 15.2 Å². The van der Waals surface area contributed by atoms with Gasteiger partial charge in [-0.25, -0.2) is 22.9 Å². The fourth-order valence-corrected chi connectivity index (χ4v) is 3.93. The van der Waals surface area contributed by atoms with Crippen molar-refractivity contribution in [2.24, 2.45) is 11.8 Å². The largest absolute Gasteiger partial charge is 0.343 e. The maximum Gasteiger partial charge on any atom is 0.343 e. The summed E-state index contributed by atoms with van der Waals surface area (Å²) in [6.45, 7) is 2.72. The van der Waals surface area contributed by atoms with Crippen molar-refractivity contribution in [2.45, 2.75) is 31.1 Å². The third-order valence-corrected chi connectivity index (χ3v) is 5.40. The monoisotopic (exact) mass is 327 g/mol. The third-order valence-electron chi connectivity index (χ3n) is 4.21. The molecule has 0 bridgehead atoms. The minimum absolute atomic E-state index is 0.0482. The second-order valence-electron chi connectivity index (χ2n) is 5.86. The Morgan fingerprint density at radius 2 is 1.82 bits per heavy atom. The van der Waals surface area contributed by atoms with E-state index >= 15 is 0 Å². The van der Waals surface area contributed by atoms with E-state index in [1.54, 1.807) is 9.73 Å². The lowest BCUT2D eigenvalue weighted by Crippen LogP contribution is -2.48. The predicted octanol–water partition coefficient (Wildman–Crippen LogP) is 1.63. The average molecular weight is 327 g/mol. The van der Waals surface area contributed by atoms with Crippen LogP contribution in [0.1, 0.15) is 30.3 Å². The average Bonchev–Trinajstić information content (AvgIpc) is 3.11. The Hall–Kier alpha value is -1.60. The van der Waals surface area contributed by atoms with Crippen LogP contribution in [0.3, 0.4) is 0 Å². The zero-order valence-corrected chi connectivity index (χ0v) is 13.1. The van der Waals surface area contributed by atoms with Crippen molar-refractivity contribution in [2.75, 3.05) is 13.1 Å². The quantitative estimate of drug-likeness (QED) is 0.884. The normalized spacial score (nSPS) is 27.5. The van der Waals surface area contributed by atoms with Gasteiger partial charge in [0.05, 0.1) is 10.4 Å². The Morgan fingerprint density at radius 1 is 1.23 bits per heavy atom. The molecule has 2 unspecified atom stereocenters. The molecule has 1 aliphatic carbocycles. The van der Waals surface area contributed by atoms with Crippen LogP contribution in [0.4, 0.5) is 4.79 Å². The smallest absolute Gasteiger partial charge is 0.270 e. The van der Waals surface area contributed by atoms with E-state index in [1.165, 1.54) is 13.3 Å². The molecule has 0 aromatic heterocycles. The molecule has 6 nitrogen and oxygen atoms in total. The number of carbonyl (C=O) groups is 1. The van der Waals surface area contributed by atoms with Gasteiger partial charge in [-0.15, -0.1) is 0 Å². The van der Waals surface area contributed by atoms with Gasteiger partial charge in [-0.1, -0.05) is 24.1 Å². The lowest BCUT2D eigenvalue weighted by Gasteiger charge is -2.18. The van der Waals surface area contributed by atoms with E-state index in [1.807, 2.05) is 0 Å². The van der Waals surface area contributed by atoms with Crippen LogP contribution < -0.4 is 10.1 Å². The molecule has 0 spiro atoms. The lowest BCUT2D eigenvalue weighted by molar-refractivity contribution is 0.195. The Labute approximate surface area is 136 Å². The first kappa shape index (κ1) is 11.0. The first-order valence-electron chi connectivity index (χ1n) is 9.27. The van der Waals surface area contributed by atoms with Crippen LogP contribution in [-0.4, -0.2) is 32.5 Å². The number of hydrogen-bond donors (Lipinski definition) is 2. The molecule has 2 fully saturated rings. The van der Waals surface area contributed by atoms with Crippen molar-refractivity contribution >= 4 is 16.1 Å². The predicted molar refractivity (Wildman–Crippen MR) is 82.4 cm³/mol. The van der Waals surface area contributed by atoms with Crippen molar-refractivity contribution in [3.8, 4) is 0 Å². The zero-order chi connectivity index (χ0) is 19.2. The molecule has 7 heteroatoms. The Morgan fingerprint density at radius 3 is 2.41 bits per heavy atom. The summed E-state index contributed by atoms with van der Waals surface area (Å²) in [6, 6.07) is -3.25. The van der Waals surface area contributed by atoms with Crippen molar-refractivity contribution < 1.29 is 18.7 Å². The maximum atomic E-state index is 12.5. The van der Waals surface area contributed by atoms with E-state index in [0.29, 0.717) is 24.9 Å². The number of hydrogen-bond acceptors (Lipinski definition) is 4. The molecule has 22 heavy (non-hydrogen) atoms. The SMILES string of the molecule is [2H]c1c([2H])c(S(=O)(=O)NC(=O)NN2CC3CCCC3C2)c([2H])c([2H])c1C. The Kier molecular flexibility index (Phi) is 2.95. The number of nitrogens with one attached hydrogen (secondary N) is 2. The fraction of sp³-hybridized carbons (Fsp3) is 0.533. The van der Waals surface area contributed by atoms with E-state index in [-0.39, 0.29) is 5.56 Å². The highest BCUT2D eigenvalue weighted by Gasteiger charge is 2.36. The van der Waals surface area contributed by atoms with Crippen LogP contribution in [-0.2, 0) is 10.0 Å². The van der Waals surface area contributed by atoms with Crippen molar-refractivity contribution in [3.63, 3.8) is 0 Å². The number of carbonyl (C=O) groups excluding carboxylic acids is 1. The summed E-state index contributed by atoms with van der Waals surface area (Å²) in [5.41, 5.74) is 2.55. The number of hydrazine groups is 1. The van der Waals surface area contributed by atoms with Gasteiger partial charge in [0.1, 0.15) is 0 Å². The molecule has 0 radical (unpaired) electrons. The van der Waals surface area contributed by atoms with Crippen LogP contribution in [0, 0.1) is 18.8 Å². The first-order chi connectivity index (χ1) is 12.1. The third kappa shape index (κ3) is 3.25. The van der Waals surface area contributed by atoms with Crippen molar-refractivity contribution in [3.05, 3.63) is 29.7 Å². The molecule has 1 saturated carbocycles. The number of benzene rings is 1. The zero-order valence-electron chi connectivity index (χ0n) is 16.3. The molecule has 2 amide bonds. The number of fused-ring (bicyclic) bond motifs is 1. The maximum absolute atomic E-state index is 12.5. The Bertz CT molecular complexity index is 821. The van der Waals surface area contributed by atoms with Crippen LogP contribution in [0.25, 0.3) is 0 Å². The molecule has 1 aliphatic heterocycles. The van der Waals surface area contributed by atoms with Gasteiger partial charge < -0.3 is 0 Å². The molecular weight excluding hydrogens is 302 g/mol. The molecule has 1 saturated heterocycles. The lowest BCUT2D eigenvalue weighted by atomic mass is 10.0. The highest BCUT2D eigenvalue weighted by molar-refractivity contribution is 7.90. The van der Waals surface area contributed by atoms with Crippen molar-refractivity contribution in [1.29, 1.82) is 0 Å². The van der Waals surface area contributed by atoms with Gasteiger partial charge in [0, 0.05) is 13.1 Å².